The van der Waals surface area contributed by atoms with Crippen LogP contribution in [-0.2, 0) is 11.2 Å². The Labute approximate surface area is 74.0 Å². The Balaban J connectivity index is 3.01. The van der Waals surface area contributed by atoms with Gasteiger partial charge in [0.1, 0.15) is 0 Å². The molecule has 0 saturated heterocycles. The van der Waals surface area contributed by atoms with Gasteiger partial charge in [-0.2, -0.15) is 0 Å². The number of hydrogen-bond donors (Lipinski definition) is 2. The molecule has 0 aromatic carbocycles. The number of rotatable bonds is 3. The molecule has 5 heteroatoms. The average Bonchev–Trinajstić information content (AvgIpc) is 2.01. The van der Waals surface area contributed by atoms with Gasteiger partial charge in [0.15, 0.2) is 11.3 Å². The number of pyridine rings is 1. The molecule has 5 nitrogen and oxygen atoms in total. The number of hydrogen-bond acceptors (Lipinski definition) is 3. The molecular weight excluding hydrogens is 174 g/mol. The molecule has 0 amide bonds. The SMILES string of the molecule is COc1cc(=O)cc(CC(=O)O)[nH]1. The van der Waals surface area contributed by atoms with Crippen molar-refractivity contribution in [1.82, 2.24) is 4.98 Å². The van der Waals surface area contributed by atoms with Crippen LogP contribution in [0.5, 0.6) is 5.88 Å². The standard InChI is InChI=1S/C8H9NO4/c1-13-7-4-6(10)2-5(9-7)3-8(11)12/h2,4H,3H2,1H3,(H,9,10)(H,11,12). The van der Waals surface area contributed by atoms with Gasteiger partial charge in [0.05, 0.1) is 13.5 Å². The number of carboxylic acid groups (broad SMARTS) is 1. The Morgan fingerprint density at radius 3 is 2.85 bits per heavy atom. The van der Waals surface area contributed by atoms with E-state index in [4.69, 9.17) is 9.84 Å². The lowest BCUT2D eigenvalue weighted by atomic mass is 10.3. The van der Waals surface area contributed by atoms with E-state index in [9.17, 15) is 9.59 Å². The van der Waals surface area contributed by atoms with Crippen LogP contribution in [0, 0.1) is 0 Å². The fraction of sp³-hybridized carbons (Fsp3) is 0.250. The summed E-state index contributed by atoms with van der Waals surface area (Å²) in [6, 6.07) is 2.49. The molecule has 0 aliphatic heterocycles. The molecule has 0 spiro atoms. The molecule has 0 fully saturated rings. The summed E-state index contributed by atoms with van der Waals surface area (Å²) in [5.41, 5.74) is 0.0590. The normalized spacial score (nSPS) is 9.62. The topological polar surface area (TPSA) is 79.4 Å². The summed E-state index contributed by atoms with van der Waals surface area (Å²) in [6.07, 6.45) is -0.216. The van der Waals surface area contributed by atoms with Gasteiger partial charge in [0, 0.05) is 17.8 Å². The van der Waals surface area contributed by atoms with Crippen LogP contribution in [0.1, 0.15) is 5.69 Å². The fourth-order valence-corrected chi connectivity index (χ4v) is 0.941. The van der Waals surface area contributed by atoms with Crippen LogP contribution >= 0.6 is 0 Å². The first-order valence-electron chi connectivity index (χ1n) is 3.61. The summed E-state index contributed by atoms with van der Waals surface area (Å²) in [6.45, 7) is 0. The highest BCUT2D eigenvalue weighted by atomic mass is 16.5. The molecule has 0 bridgehead atoms. The van der Waals surface area contributed by atoms with Crippen molar-refractivity contribution in [3.8, 4) is 5.88 Å². The highest BCUT2D eigenvalue weighted by molar-refractivity contribution is 5.69. The maximum absolute atomic E-state index is 11.0. The van der Waals surface area contributed by atoms with E-state index in [-0.39, 0.29) is 17.7 Å². The van der Waals surface area contributed by atoms with Crippen LogP contribution in [0.2, 0.25) is 0 Å². The van der Waals surface area contributed by atoms with Crippen molar-refractivity contribution < 1.29 is 14.6 Å². The quantitative estimate of drug-likeness (QED) is 0.691. The molecule has 1 heterocycles. The second kappa shape index (κ2) is 3.75. The zero-order valence-corrected chi connectivity index (χ0v) is 7.03. The number of carboxylic acids is 1. The van der Waals surface area contributed by atoms with Crippen LogP contribution < -0.4 is 10.2 Å². The molecule has 0 aliphatic carbocycles. The van der Waals surface area contributed by atoms with E-state index in [1.54, 1.807) is 0 Å². The summed E-state index contributed by atoms with van der Waals surface area (Å²) in [5.74, 6) is -0.729. The van der Waals surface area contributed by atoms with Crippen LogP contribution in [0.25, 0.3) is 0 Å². The minimum absolute atomic E-state index is 0.216. The van der Waals surface area contributed by atoms with Gasteiger partial charge in [-0.25, -0.2) is 0 Å². The molecule has 0 unspecified atom stereocenters. The van der Waals surface area contributed by atoms with Gasteiger partial charge in [0.25, 0.3) is 0 Å². The van der Waals surface area contributed by atoms with Crippen molar-refractivity contribution in [1.29, 1.82) is 0 Å². The number of aliphatic carboxylic acids is 1. The molecule has 1 rings (SSSR count). The van der Waals surface area contributed by atoms with Gasteiger partial charge < -0.3 is 14.8 Å². The van der Waals surface area contributed by atoms with Crippen molar-refractivity contribution in [2.24, 2.45) is 0 Å². The highest BCUT2D eigenvalue weighted by Crippen LogP contribution is 2.02. The van der Waals surface area contributed by atoms with Gasteiger partial charge in [0.2, 0.25) is 0 Å². The Bertz CT molecular complexity index is 369. The van der Waals surface area contributed by atoms with E-state index in [0.717, 1.165) is 0 Å². The number of methoxy groups -OCH3 is 1. The number of ether oxygens (including phenoxy) is 1. The largest absolute Gasteiger partial charge is 0.482 e. The van der Waals surface area contributed by atoms with Crippen LogP contribution in [-0.4, -0.2) is 23.2 Å². The van der Waals surface area contributed by atoms with Crippen molar-refractivity contribution in [3.05, 3.63) is 28.0 Å². The minimum atomic E-state index is -0.996. The lowest BCUT2D eigenvalue weighted by Gasteiger charge is -2.01. The summed E-state index contributed by atoms with van der Waals surface area (Å²) in [7, 11) is 1.40. The van der Waals surface area contributed by atoms with E-state index in [0.29, 0.717) is 5.69 Å². The van der Waals surface area contributed by atoms with Crippen LogP contribution in [0.3, 0.4) is 0 Å². The van der Waals surface area contributed by atoms with E-state index >= 15 is 0 Å². The first-order chi connectivity index (χ1) is 6.11. The second-order valence-electron chi connectivity index (χ2n) is 2.48. The van der Waals surface area contributed by atoms with Crippen LogP contribution in [0.4, 0.5) is 0 Å². The number of H-pyrrole nitrogens is 1. The lowest BCUT2D eigenvalue weighted by molar-refractivity contribution is -0.136. The van der Waals surface area contributed by atoms with E-state index < -0.39 is 5.97 Å². The molecule has 0 atom stereocenters. The predicted molar refractivity (Wildman–Crippen MR) is 45.0 cm³/mol. The third kappa shape index (κ3) is 2.62. The Hall–Kier alpha value is -1.78. The minimum Gasteiger partial charge on any atom is -0.482 e. The third-order valence-corrected chi connectivity index (χ3v) is 1.44. The van der Waals surface area contributed by atoms with Gasteiger partial charge in [-0.1, -0.05) is 0 Å². The average molecular weight is 183 g/mol. The van der Waals surface area contributed by atoms with Gasteiger partial charge >= 0.3 is 5.97 Å². The summed E-state index contributed by atoms with van der Waals surface area (Å²) >= 11 is 0. The molecule has 1 aromatic heterocycles. The molecule has 0 radical (unpaired) electrons. The lowest BCUT2D eigenvalue weighted by Crippen LogP contribution is -2.08. The monoisotopic (exact) mass is 183 g/mol. The Kier molecular flexibility index (Phi) is 2.69. The third-order valence-electron chi connectivity index (χ3n) is 1.44. The summed E-state index contributed by atoms with van der Waals surface area (Å²) in [4.78, 5) is 23.9. The smallest absolute Gasteiger partial charge is 0.309 e. The highest BCUT2D eigenvalue weighted by Gasteiger charge is 2.03. The van der Waals surface area contributed by atoms with Crippen molar-refractivity contribution in [2.45, 2.75) is 6.42 Å². The Morgan fingerprint density at radius 2 is 2.31 bits per heavy atom. The summed E-state index contributed by atoms with van der Waals surface area (Å²) in [5, 5.41) is 8.46. The maximum Gasteiger partial charge on any atom is 0.309 e. The molecule has 0 saturated carbocycles. The van der Waals surface area contributed by atoms with E-state index in [1.807, 2.05) is 0 Å². The maximum atomic E-state index is 11.0. The van der Waals surface area contributed by atoms with Gasteiger partial charge in [-0.3, -0.25) is 9.59 Å². The Morgan fingerprint density at radius 1 is 1.62 bits per heavy atom. The van der Waals surface area contributed by atoms with Crippen molar-refractivity contribution >= 4 is 5.97 Å². The second-order valence-corrected chi connectivity index (χ2v) is 2.48. The first kappa shape index (κ1) is 9.31. The zero-order valence-electron chi connectivity index (χ0n) is 7.03. The summed E-state index contributed by atoms with van der Waals surface area (Å²) < 4.78 is 4.77. The van der Waals surface area contributed by atoms with Gasteiger partial charge in [-0.05, 0) is 0 Å². The van der Waals surface area contributed by atoms with Crippen LogP contribution in [0.15, 0.2) is 16.9 Å². The number of aromatic nitrogens is 1. The van der Waals surface area contributed by atoms with E-state index in [2.05, 4.69) is 4.98 Å². The molecule has 2 N–H and O–H groups in total. The van der Waals surface area contributed by atoms with Crippen molar-refractivity contribution in [2.75, 3.05) is 7.11 Å². The fourth-order valence-electron chi connectivity index (χ4n) is 0.941. The number of aromatic amines is 1. The van der Waals surface area contributed by atoms with E-state index in [1.165, 1.54) is 19.2 Å². The predicted octanol–water partition coefficient (Wildman–Crippen LogP) is 0.0106. The number of carbonyl (C=O) groups is 1. The molecular formula is C8H9NO4. The van der Waals surface area contributed by atoms with Crippen molar-refractivity contribution in [3.63, 3.8) is 0 Å². The first-order valence-corrected chi connectivity index (χ1v) is 3.61. The van der Waals surface area contributed by atoms with Gasteiger partial charge in [-0.15, -0.1) is 0 Å². The zero-order chi connectivity index (χ0) is 9.84. The molecule has 13 heavy (non-hydrogen) atoms. The molecule has 70 valence electrons. The molecule has 1 aromatic rings. The molecule has 0 aliphatic rings. The number of nitrogens with one attached hydrogen (secondary N) is 1.